The smallest absolute Gasteiger partial charge is 0.131 e. The average Bonchev–Trinajstić information content (AvgIpc) is 2.71. The number of nitrogens with zero attached hydrogens (tertiary/aromatic N) is 1. The highest BCUT2D eigenvalue weighted by molar-refractivity contribution is 5.94. The van der Waals surface area contributed by atoms with Crippen LogP contribution in [0.2, 0.25) is 0 Å². The molecule has 0 spiro atoms. The van der Waals surface area contributed by atoms with Gasteiger partial charge in [0.2, 0.25) is 0 Å². The standard InChI is InChI=1S/C24H27FN4.2ClH/c1-14-10-19(26)13-20(24(14)25)16(3)29-23-11-15(2)28-22-5-4-18(12-21(22)23)17-6-8-27-9-7-17;;/h4-6,10-13,16,27H,7-9,26H2,1-3H3,(H,28,29);2*1H/t16-;;/m1../s1. The minimum absolute atomic E-state index is 0. The van der Waals surface area contributed by atoms with Crippen molar-refractivity contribution < 1.29 is 4.39 Å². The van der Waals surface area contributed by atoms with Gasteiger partial charge in [-0.2, -0.15) is 0 Å². The van der Waals surface area contributed by atoms with Crippen LogP contribution in [0.3, 0.4) is 0 Å². The third-order valence-corrected chi connectivity index (χ3v) is 5.51. The molecule has 1 aliphatic rings. The minimum Gasteiger partial charge on any atom is -0.399 e. The maximum atomic E-state index is 14.7. The molecule has 1 aromatic heterocycles. The SMILES string of the molecule is Cc1cc(N[C@H](C)c2cc(N)cc(C)c2F)c2cc(C3=CCNCC3)ccc2n1.Cl.Cl. The zero-order valence-corrected chi connectivity index (χ0v) is 19.6. The zero-order valence-electron chi connectivity index (χ0n) is 18.0. The molecule has 0 radical (unpaired) electrons. The second-order valence-electron chi connectivity index (χ2n) is 7.83. The van der Waals surface area contributed by atoms with Gasteiger partial charge in [-0.3, -0.25) is 4.98 Å². The fourth-order valence-electron chi connectivity index (χ4n) is 4.01. The molecule has 0 fully saturated rings. The van der Waals surface area contributed by atoms with E-state index in [9.17, 15) is 4.39 Å². The number of aromatic nitrogens is 1. The molecule has 4 nitrogen and oxygen atoms in total. The van der Waals surface area contributed by atoms with Gasteiger partial charge >= 0.3 is 0 Å². The number of nitrogens with two attached hydrogens (primary N) is 1. The summed E-state index contributed by atoms with van der Waals surface area (Å²) in [6.45, 7) is 7.57. The normalized spacial score (nSPS) is 14.3. The Balaban J connectivity index is 0.00000171. The Hall–Kier alpha value is -2.34. The largest absolute Gasteiger partial charge is 0.399 e. The minimum atomic E-state index is -0.232. The predicted octanol–water partition coefficient (Wildman–Crippen LogP) is 5.97. The monoisotopic (exact) mass is 462 g/mol. The van der Waals surface area contributed by atoms with E-state index in [0.717, 1.165) is 41.8 Å². The Kier molecular flexibility index (Phi) is 8.29. The molecule has 0 saturated carbocycles. The molecule has 31 heavy (non-hydrogen) atoms. The molecule has 2 aromatic carbocycles. The Morgan fingerprint density at radius 2 is 1.90 bits per heavy atom. The maximum Gasteiger partial charge on any atom is 0.131 e. The van der Waals surface area contributed by atoms with Gasteiger partial charge in [-0.25, -0.2) is 4.39 Å². The summed E-state index contributed by atoms with van der Waals surface area (Å²) in [7, 11) is 0. The molecule has 7 heteroatoms. The van der Waals surface area contributed by atoms with E-state index in [1.165, 1.54) is 11.1 Å². The summed E-state index contributed by atoms with van der Waals surface area (Å²) in [6.07, 6.45) is 3.25. The molecule has 3 aromatic rings. The second kappa shape index (κ2) is 10.3. The van der Waals surface area contributed by atoms with E-state index in [1.807, 2.05) is 19.9 Å². The van der Waals surface area contributed by atoms with Crippen LogP contribution in [0.4, 0.5) is 15.8 Å². The third kappa shape index (κ3) is 5.29. The number of nitrogen functional groups attached to an aromatic ring is 1. The highest BCUT2D eigenvalue weighted by atomic mass is 35.5. The molecule has 4 N–H and O–H groups in total. The molecular weight excluding hydrogens is 434 g/mol. The van der Waals surface area contributed by atoms with Crippen molar-refractivity contribution in [1.29, 1.82) is 0 Å². The molecular formula is C24H29Cl2FN4. The number of anilines is 2. The summed E-state index contributed by atoms with van der Waals surface area (Å²) in [5.74, 6) is -0.213. The van der Waals surface area contributed by atoms with Crippen molar-refractivity contribution in [2.45, 2.75) is 33.2 Å². The number of nitrogens with one attached hydrogen (secondary N) is 2. The van der Waals surface area contributed by atoms with E-state index >= 15 is 0 Å². The summed E-state index contributed by atoms with van der Waals surface area (Å²) < 4.78 is 14.7. The van der Waals surface area contributed by atoms with Crippen LogP contribution in [0.5, 0.6) is 0 Å². The fraction of sp³-hybridized carbons (Fsp3) is 0.292. The molecule has 1 aliphatic heterocycles. The molecule has 0 unspecified atom stereocenters. The van der Waals surface area contributed by atoms with Gasteiger partial charge in [-0.15, -0.1) is 24.8 Å². The van der Waals surface area contributed by atoms with Gasteiger partial charge in [-0.05, 0) is 80.8 Å². The van der Waals surface area contributed by atoms with Crippen molar-refractivity contribution in [2.75, 3.05) is 24.1 Å². The molecule has 1 atom stereocenters. The summed E-state index contributed by atoms with van der Waals surface area (Å²) in [5.41, 5.74) is 13.0. The lowest BCUT2D eigenvalue weighted by Crippen LogP contribution is -2.20. The van der Waals surface area contributed by atoms with Gasteiger partial charge in [0, 0.05) is 34.6 Å². The van der Waals surface area contributed by atoms with Crippen LogP contribution < -0.4 is 16.4 Å². The van der Waals surface area contributed by atoms with E-state index in [-0.39, 0.29) is 36.7 Å². The van der Waals surface area contributed by atoms with Gasteiger partial charge in [0.15, 0.2) is 0 Å². The summed E-state index contributed by atoms with van der Waals surface area (Å²) in [6, 6.07) is 11.6. The quantitative estimate of drug-likeness (QED) is 0.418. The second-order valence-corrected chi connectivity index (χ2v) is 7.83. The molecule has 166 valence electrons. The predicted molar refractivity (Wildman–Crippen MR) is 134 cm³/mol. The van der Waals surface area contributed by atoms with Crippen LogP contribution in [0, 0.1) is 19.7 Å². The van der Waals surface area contributed by atoms with Crippen molar-refractivity contribution in [3.05, 3.63) is 70.7 Å². The Morgan fingerprint density at radius 1 is 1.13 bits per heavy atom. The number of fused-ring (bicyclic) bond motifs is 1. The first kappa shape index (κ1) is 24.9. The van der Waals surface area contributed by atoms with E-state index in [4.69, 9.17) is 5.73 Å². The summed E-state index contributed by atoms with van der Waals surface area (Å²) >= 11 is 0. The number of halogens is 3. The Bertz CT molecular complexity index is 1110. The number of benzene rings is 2. The van der Waals surface area contributed by atoms with Gasteiger partial charge in [0.1, 0.15) is 5.82 Å². The Labute approximate surface area is 195 Å². The van der Waals surface area contributed by atoms with E-state index < -0.39 is 0 Å². The fourth-order valence-corrected chi connectivity index (χ4v) is 4.01. The lowest BCUT2D eigenvalue weighted by Gasteiger charge is -2.20. The van der Waals surface area contributed by atoms with E-state index in [0.29, 0.717) is 16.8 Å². The number of hydrogen-bond donors (Lipinski definition) is 3. The first-order chi connectivity index (χ1) is 13.9. The first-order valence-corrected chi connectivity index (χ1v) is 10.1. The van der Waals surface area contributed by atoms with Crippen LogP contribution in [0.25, 0.3) is 16.5 Å². The number of pyridine rings is 1. The topological polar surface area (TPSA) is 63.0 Å². The van der Waals surface area contributed by atoms with Crippen molar-refractivity contribution in [3.8, 4) is 0 Å². The van der Waals surface area contributed by atoms with Crippen molar-refractivity contribution in [1.82, 2.24) is 10.3 Å². The van der Waals surface area contributed by atoms with Crippen LogP contribution in [0.1, 0.15) is 41.8 Å². The van der Waals surface area contributed by atoms with Gasteiger partial charge in [0.25, 0.3) is 0 Å². The van der Waals surface area contributed by atoms with Crippen molar-refractivity contribution in [3.63, 3.8) is 0 Å². The zero-order chi connectivity index (χ0) is 20.5. The highest BCUT2D eigenvalue weighted by Gasteiger charge is 2.16. The van der Waals surface area contributed by atoms with Gasteiger partial charge in [-0.1, -0.05) is 12.1 Å². The van der Waals surface area contributed by atoms with Crippen LogP contribution in [-0.2, 0) is 0 Å². The summed E-state index contributed by atoms with van der Waals surface area (Å²) in [4.78, 5) is 4.68. The molecule has 0 aliphatic carbocycles. The van der Waals surface area contributed by atoms with Gasteiger partial charge < -0.3 is 16.4 Å². The van der Waals surface area contributed by atoms with E-state index in [1.54, 1.807) is 19.1 Å². The van der Waals surface area contributed by atoms with Gasteiger partial charge in [0.05, 0.1) is 11.6 Å². The molecule has 0 saturated heterocycles. The third-order valence-electron chi connectivity index (χ3n) is 5.51. The van der Waals surface area contributed by atoms with Crippen molar-refractivity contribution >= 4 is 52.7 Å². The Morgan fingerprint density at radius 3 is 2.61 bits per heavy atom. The van der Waals surface area contributed by atoms with Crippen LogP contribution in [-0.4, -0.2) is 18.1 Å². The number of hydrogen-bond acceptors (Lipinski definition) is 4. The number of rotatable bonds is 4. The first-order valence-electron chi connectivity index (χ1n) is 10.1. The van der Waals surface area contributed by atoms with E-state index in [2.05, 4.69) is 39.9 Å². The maximum absolute atomic E-state index is 14.7. The highest BCUT2D eigenvalue weighted by Crippen LogP contribution is 2.32. The molecule has 4 rings (SSSR count). The molecule has 2 heterocycles. The number of aryl methyl sites for hydroxylation is 2. The lowest BCUT2D eigenvalue weighted by atomic mass is 9.97. The van der Waals surface area contributed by atoms with Crippen LogP contribution >= 0.6 is 24.8 Å². The molecule has 0 bridgehead atoms. The van der Waals surface area contributed by atoms with Crippen molar-refractivity contribution in [2.24, 2.45) is 0 Å². The average molecular weight is 463 g/mol. The van der Waals surface area contributed by atoms with Crippen LogP contribution in [0.15, 0.2) is 42.5 Å². The summed E-state index contributed by atoms with van der Waals surface area (Å²) in [5, 5.41) is 7.89. The molecule has 0 amide bonds. The lowest BCUT2D eigenvalue weighted by molar-refractivity contribution is 0.592.